The Kier molecular flexibility index (Phi) is 2.58. The molecule has 1 aromatic heterocycles. The number of amides is 1. The van der Waals surface area contributed by atoms with Crippen molar-refractivity contribution in [3.05, 3.63) is 29.1 Å². The number of carbonyl (C=O) groups is 1. The van der Waals surface area contributed by atoms with E-state index in [4.69, 9.17) is 0 Å². The van der Waals surface area contributed by atoms with E-state index in [1.807, 2.05) is 11.8 Å². The number of imidazole rings is 1. The highest BCUT2D eigenvalue weighted by Crippen LogP contribution is 2.24. The number of hydrogen-bond acceptors (Lipinski definition) is 2. The number of carbonyl (C=O) groups excluding carboxylic acids is 1. The average Bonchev–Trinajstić information content (AvgIpc) is 2.67. The molecule has 0 saturated carbocycles. The minimum Gasteiger partial charge on any atom is -0.342 e. The maximum atomic E-state index is 12.0. The SMILES string of the molecule is CCCN1Cc2cc3[nH]c(C)nc3cc2CC1=O. The highest BCUT2D eigenvalue weighted by Gasteiger charge is 2.23. The second-order valence-corrected chi connectivity index (χ2v) is 4.95. The van der Waals surface area contributed by atoms with Crippen molar-refractivity contribution >= 4 is 16.9 Å². The van der Waals surface area contributed by atoms with Crippen LogP contribution in [0.5, 0.6) is 0 Å². The van der Waals surface area contributed by atoms with Gasteiger partial charge in [-0.15, -0.1) is 0 Å². The van der Waals surface area contributed by atoms with E-state index in [2.05, 4.69) is 29.0 Å². The lowest BCUT2D eigenvalue weighted by Crippen LogP contribution is -2.36. The van der Waals surface area contributed by atoms with E-state index in [0.717, 1.165) is 41.9 Å². The Morgan fingerprint density at radius 1 is 1.39 bits per heavy atom. The quantitative estimate of drug-likeness (QED) is 0.878. The van der Waals surface area contributed by atoms with Crippen LogP contribution in [0.2, 0.25) is 0 Å². The molecule has 4 nitrogen and oxygen atoms in total. The van der Waals surface area contributed by atoms with Gasteiger partial charge in [0.15, 0.2) is 0 Å². The van der Waals surface area contributed by atoms with Gasteiger partial charge in [0, 0.05) is 13.1 Å². The van der Waals surface area contributed by atoms with E-state index in [1.165, 1.54) is 5.56 Å². The molecule has 18 heavy (non-hydrogen) atoms. The van der Waals surface area contributed by atoms with Gasteiger partial charge in [-0.25, -0.2) is 4.98 Å². The van der Waals surface area contributed by atoms with Crippen molar-refractivity contribution in [2.75, 3.05) is 6.54 Å². The molecule has 1 aliphatic heterocycles. The first-order valence-electron chi connectivity index (χ1n) is 6.43. The first-order valence-corrected chi connectivity index (χ1v) is 6.43. The van der Waals surface area contributed by atoms with Gasteiger partial charge in [0.05, 0.1) is 17.5 Å². The number of benzene rings is 1. The Balaban J connectivity index is 2.04. The third-order valence-electron chi connectivity index (χ3n) is 3.47. The van der Waals surface area contributed by atoms with Gasteiger partial charge in [-0.1, -0.05) is 6.92 Å². The molecule has 2 aromatic rings. The van der Waals surface area contributed by atoms with E-state index in [9.17, 15) is 4.79 Å². The molecule has 1 N–H and O–H groups in total. The molecule has 1 aliphatic rings. The highest BCUT2D eigenvalue weighted by atomic mass is 16.2. The number of fused-ring (bicyclic) bond motifs is 2. The molecule has 0 radical (unpaired) electrons. The summed E-state index contributed by atoms with van der Waals surface area (Å²) in [5, 5.41) is 0. The molecule has 0 fully saturated rings. The van der Waals surface area contributed by atoms with Crippen LogP contribution in [-0.4, -0.2) is 27.3 Å². The minimum atomic E-state index is 0.232. The van der Waals surface area contributed by atoms with Crippen LogP contribution in [0, 0.1) is 6.92 Å². The van der Waals surface area contributed by atoms with E-state index >= 15 is 0 Å². The molecular weight excluding hydrogens is 226 g/mol. The smallest absolute Gasteiger partial charge is 0.227 e. The van der Waals surface area contributed by atoms with Crippen molar-refractivity contribution in [1.29, 1.82) is 0 Å². The van der Waals surface area contributed by atoms with Crippen LogP contribution in [0.1, 0.15) is 30.3 Å². The van der Waals surface area contributed by atoms with Gasteiger partial charge >= 0.3 is 0 Å². The molecule has 0 bridgehead atoms. The molecule has 1 amide bonds. The number of nitrogens with zero attached hydrogens (tertiary/aromatic N) is 2. The minimum absolute atomic E-state index is 0.232. The molecule has 94 valence electrons. The van der Waals surface area contributed by atoms with Crippen molar-refractivity contribution in [3.8, 4) is 0 Å². The van der Waals surface area contributed by atoms with Crippen LogP contribution in [0.4, 0.5) is 0 Å². The van der Waals surface area contributed by atoms with Crippen molar-refractivity contribution in [2.24, 2.45) is 0 Å². The number of aromatic nitrogens is 2. The Hall–Kier alpha value is -1.84. The highest BCUT2D eigenvalue weighted by molar-refractivity contribution is 5.85. The summed E-state index contributed by atoms with van der Waals surface area (Å²) in [5.41, 5.74) is 4.41. The van der Waals surface area contributed by atoms with Crippen LogP contribution in [-0.2, 0) is 17.8 Å². The topological polar surface area (TPSA) is 49.0 Å². The molecule has 0 saturated heterocycles. The normalized spacial score (nSPS) is 15.2. The number of nitrogens with one attached hydrogen (secondary N) is 1. The second-order valence-electron chi connectivity index (χ2n) is 4.95. The summed E-state index contributed by atoms with van der Waals surface area (Å²) in [7, 11) is 0. The Morgan fingerprint density at radius 3 is 3.00 bits per heavy atom. The first-order chi connectivity index (χ1) is 8.67. The van der Waals surface area contributed by atoms with Crippen LogP contribution in [0.25, 0.3) is 11.0 Å². The molecule has 0 spiro atoms. The van der Waals surface area contributed by atoms with Gasteiger partial charge in [-0.3, -0.25) is 4.79 Å². The number of hydrogen-bond donors (Lipinski definition) is 1. The van der Waals surface area contributed by atoms with E-state index in [0.29, 0.717) is 6.42 Å². The lowest BCUT2D eigenvalue weighted by molar-refractivity contribution is -0.131. The average molecular weight is 243 g/mol. The zero-order valence-corrected chi connectivity index (χ0v) is 10.8. The van der Waals surface area contributed by atoms with Gasteiger partial charge < -0.3 is 9.88 Å². The van der Waals surface area contributed by atoms with Gasteiger partial charge in [0.25, 0.3) is 0 Å². The molecule has 1 aromatic carbocycles. The number of aryl methyl sites for hydroxylation is 1. The third kappa shape index (κ3) is 1.78. The van der Waals surface area contributed by atoms with E-state index in [1.54, 1.807) is 0 Å². The number of rotatable bonds is 2. The van der Waals surface area contributed by atoms with Crippen molar-refractivity contribution in [3.63, 3.8) is 0 Å². The van der Waals surface area contributed by atoms with Gasteiger partial charge in [-0.2, -0.15) is 0 Å². The van der Waals surface area contributed by atoms with Crippen molar-refractivity contribution < 1.29 is 4.79 Å². The number of aromatic amines is 1. The maximum absolute atomic E-state index is 12.0. The fourth-order valence-electron chi connectivity index (χ4n) is 2.63. The van der Waals surface area contributed by atoms with E-state index < -0.39 is 0 Å². The largest absolute Gasteiger partial charge is 0.342 e. The van der Waals surface area contributed by atoms with Crippen LogP contribution >= 0.6 is 0 Å². The summed E-state index contributed by atoms with van der Waals surface area (Å²) in [6.45, 7) is 5.63. The Bertz CT molecular complexity index is 615. The van der Waals surface area contributed by atoms with Gasteiger partial charge in [0.1, 0.15) is 5.82 Å². The maximum Gasteiger partial charge on any atom is 0.227 e. The molecule has 2 heterocycles. The molecule has 0 unspecified atom stereocenters. The summed E-state index contributed by atoms with van der Waals surface area (Å²) >= 11 is 0. The zero-order valence-electron chi connectivity index (χ0n) is 10.8. The van der Waals surface area contributed by atoms with Crippen molar-refractivity contribution in [1.82, 2.24) is 14.9 Å². The zero-order chi connectivity index (χ0) is 12.7. The summed E-state index contributed by atoms with van der Waals surface area (Å²) in [4.78, 5) is 21.6. The van der Waals surface area contributed by atoms with Crippen LogP contribution in [0.15, 0.2) is 12.1 Å². The summed E-state index contributed by atoms with van der Waals surface area (Å²) in [6.07, 6.45) is 1.52. The fourth-order valence-corrected chi connectivity index (χ4v) is 2.63. The summed E-state index contributed by atoms with van der Waals surface area (Å²) < 4.78 is 0. The monoisotopic (exact) mass is 243 g/mol. The predicted octanol–water partition coefficient (Wildman–Crippen LogP) is 2.17. The summed E-state index contributed by atoms with van der Waals surface area (Å²) in [5.74, 6) is 1.15. The summed E-state index contributed by atoms with van der Waals surface area (Å²) in [6, 6.07) is 4.19. The lowest BCUT2D eigenvalue weighted by atomic mass is 9.98. The fraction of sp³-hybridized carbons (Fsp3) is 0.429. The standard InChI is InChI=1S/C14H17N3O/c1-3-4-17-8-11-6-13-12(15-9(2)16-13)5-10(11)7-14(17)18/h5-6H,3-4,7-8H2,1-2H3,(H,15,16). The van der Waals surface area contributed by atoms with Crippen LogP contribution < -0.4 is 0 Å². The van der Waals surface area contributed by atoms with Crippen LogP contribution in [0.3, 0.4) is 0 Å². The molecule has 0 atom stereocenters. The predicted molar refractivity (Wildman–Crippen MR) is 70.2 cm³/mol. The lowest BCUT2D eigenvalue weighted by Gasteiger charge is -2.28. The molecular formula is C14H17N3O. The first kappa shape index (κ1) is 11.3. The van der Waals surface area contributed by atoms with E-state index in [-0.39, 0.29) is 5.91 Å². The van der Waals surface area contributed by atoms with Gasteiger partial charge in [0.2, 0.25) is 5.91 Å². The van der Waals surface area contributed by atoms with Crippen molar-refractivity contribution in [2.45, 2.75) is 33.2 Å². The molecule has 0 aliphatic carbocycles. The third-order valence-corrected chi connectivity index (χ3v) is 3.47. The Labute approximate surface area is 106 Å². The number of H-pyrrole nitrogens is 1. The van der Waals surface area contributed by atoms with Gasteiger partial charge in [-0.05, 0) is 36.6 Å². The molecule has 4 heteroatoms. The second kappa shape index (κ2) is 4.12. The molecule has 3 rings (SSSR count). The Morgan fingerprint density at radius 2 is 2.22 bits per heavy atom.